The molecule has 0 fully saturated rings. The molecule has 0 radical (unpaired) electrons. The second kappa shape index (κ2) is 5.16. The molecular weight excluding hydrogens is 204 g/mol. The number of methoxy groups -OCH3 is 1. The summed E-state index contributed by atoms with van der Waals surface area (Å²) in [6.07, 6.45) is 1.74. The molecule has 0 saturated carbocycles. The van der Waals surface area contributed by atoms with Crippen LogP contribution in [0.1, 0.15) is 5.56 Å². The van der Waals surface area contributed by atoms with Crippen molar-refractivity contribution in [3.63, 3.8) is 0 Å². The number of guanidine groups is 1. The number of aliphatic imine (C=N–C) groups is 1. The minimum absolute atomic E-state index is 0.727. The van der Waals surface area contributed by atoms with E-state index in [1.807, 2.05) is 24.3 Å². The van der Waals surface area contributed by atoms with Gasteiger partial charge in [-0.05, 0) is 29.8 Å². The summed E-state index contributed by atoms with van der Waals surface area (Å²) < 4.78 is 5.07. The highest BCUT2D eigenvalue weighted by molar-refractivity contribution is 5.84. The molecule has 84 valence electrons. The fraction of sp³-hybridized carbons (Fsp3) is 0.273. The molecule has 0 amide bonds. The summed E-state index contributed by atoms with van der Waals surface area (Å²) in [5.74, 6) is 1.57. The van der Waals surface area contributed by atoms with Gasteiger partial charge in [-0.2, -0.15) is 5.10 Å². The molecule has 1 aliphatic heterocycles. The highest BCUT2D eigenvalue weighted by atomic mass is 16.5. The van der Waals surface area contributed by atoms with Gasteiger partial charge in [-0.15, -0.1) is 0 Å². The van der Waals surface area contributed by atoms with Crippen molar-refractivity contribution < 1.29 is 4.74 Å². The molecule has 16 heavy (non-hydrogen) atoms. The Morgan fingerprint density at radius 1 is 1.44 bits per heavy atom. The second-order valence-electron chi connectivity index (χ2n) is 3.30. The first-order valence-electron chi connectivity index (χ1n) is 5.10. The van der Waals surface area contributed by atoms with E-state index >= 15 is 0 Å². The van der Waals surface area contributed by atoms with Gasteiger partial charge in [-0.3, -0.25) is 0 Å². The first kappa shape index (κ1) is 10.5. The minimum atomic E-state index is 0.727. The molecule has 1 aliphatic rings. The molecule has 0 bridgehead atoms. The highest BCUT2D eigenvalue weighted by Crippen LogP contribution is 2.09. The summed E-state index contributed by atoms with van der Waals surface area (Å²) in [6.45, 7) is 1.68. The third-order valence-corrected chi connectivity index (χ3v) is 2.17. The first-order chi connectivity index (χ1) is 7.88. The van der Waals surface area contributed by atoms with E-state index < -0.39 is 0 Å². The van der Waals surface area contributed by atoms with Crippen molar-refractivity contribution in [2.24, 2.45) is 10.1 Å². The summed E-state index contributed by atoms with van der Waals surface area (Å²) >= 11 is 0. The first-order valence-corrected chi connectivity index (χ1v) is 5.10. The Morgan fingerprint density at radius 2 is 2.25 bits per heavy atom. The van der Waals surface area contributed by atoms with E-state index in [1.165, 1.54) is 0 Å². The number of hydrogen-bond donors (Lipinski definition) is 2. The number of rotatable bonds is 3. The standard InChI is InChI=1S/C11H14N4O/c1-16-10-4-2-9(3-5-10)8-14-15-11-12-6-7-13-11/h2-5,8H,6-7H2,1H3,(H2,12,13,15)/b14-8+. The Labute approximate surface area is 94.2 Å². The van der Waals surface area contributed by atoms with Gasteiger partial charge >= 0.3 is 0 Å². The highest BCUT2D eigenvalue weighted by Gasteiger charge is 2.01. The Hall–Kier alpha value is -2.04. The number of nitrogens with one attached hydrogen (secondary N) is 2. The van der Waals surface area contributed by atoms with Gasteiger partial charge in [0, 0.05) is 6.54 Å². The molecule has 5 heteroatoms. The van der Waals surface area contributed by atoms with Gasteiger partial charge in [0.05, 0.1) is 19.9 Å². The van der Waals surface area contributed by atoms with Crippen LogP contribution in [0.15, 0.2) is 34.4 Å². The molecule has 0 aromatic heterocycles. The van der Waals surface area contributed by atoms with Crippen molar-refractivity contribution >= 4 is 12.2 Å². The van der Waals surface area contributed by atoms with E-state index in [9.17, 15) is 0 Å². The smallest absolute Gasteiger partial charge is 0.212 e. The van der Waals surface area contributed by atoms with Crippen LogP contribution in [0, 0.1) is 0 Å². The maximum Gasteiger partial charge on any atom is 0.212 e. The largest absolute Gasteiger partial charge is 0.497 e. The van der Waals surface area contributed by atoms with E-state index in [-0.39, 0.29) is 0 Å². The Balaban J connectivity index is 1.89. The van der Waals surface area contributed by atoms with Crippen LogP contribution in [0.3, 0.4) is 0 Å². The average Bonchev–Trinajstić information content (AvgIpc) is 2.83. The van der Waals surface area contributed by atoms with E-state index in [0.717, 1.165) is 30.4 Å². The van der Waals surface area contributed by atoms with Crippen LogP contribution in [-0.4, -0.2) is 32.4 Å². The predicted octanol–water partition coefficient (Wildman–Crippen LogP) is 0.578. The number of benzene rings is 1. The van der Waals surface area contributed by atoms with Gasteiger partial charge in [0.15, 0.2) is 0 Å². The lowest BCUT2D eigenvalue weighted by molar-refractivity contribution is 0.415. The SMILES string of the molecule is COc1ccc(/C=N/NC2=NCCN2)cc1. The van der Waals surface area contributed by atoms with Crippen molar-refractivity contribution in [1.82, 2.24) is 10.7 Å². The van der Waals surface area contributed by atoms with Crippen LogP contribution in [0.4, 0.5) is 0 Å². The maximum atomic E-state index is 5.07. The summed E-state index contributed by atoms with van der Waals surface area (Å²) in [5.41, 5.74) is 3.84. The van der Waals surface area contributed by atoms with E-state index in [2.05, 4.69) is 20.8 Å². The topological polar surface area (TPSA) is 58.0 Å². The lowest BCUT2D eigenvalue weighted by atomic mass is 10.2. The quantitative estimate of drug-likeness (QED) is 0.576. The van der Waals surface area contributed by atoms with E-state index in [1.54, 1.807) is 13.3 Å². The van der Waals surface area contributed by atoms with Crippen molar-refractivity contribution in [2.75, 3.05) is 20.2 Å². The van der Waals surface area contributed by atoms with Crippen LogP contribution in [0.5, 0.6) is 5.75 Å². The molecule has 0 atom stereocenters. The molecule has 1 aromatic carbocycles. The van der Waals surface area contributed by atoms with Crippen molar-refractivity contribution in [3.05, 3.63) is 29.8 Å². The number of nitrogens with zero attached hydrogens (tertiary/aromatic N) is 2. The third kappa shape index (κ3) is 2.73. The Morgan fingerprint density at radius 3 is 2.88 bits per heavy atom. The molecule has 2 N–H and O–H groups in total. The summed E-state index contributed by atoms with van der Waals surface area (Å²) in [6, 6.07) is 7.67. The zero-order valence-corrected chi connectivity index (χ0v) is 9.10. The molecule has 5 nitrogen and oxygen atoms in total. The number of ether oxygens (including phenoxy) is 1. The second-order valence-corrected chi connectivity index (χ2v) is 3.30. The molecular formula is C11H14N4O. The number of hydrazone groups is 1. The van der Waals surface area contributed by atoms with Gasteiger partial charge in [-0.25, -0.2) is 10.4 Å². The number of hydrogen-bond acceptors (Lipinski definition) is 5. The zero-order valence-electron chi connectivity index (χ0n) is 9.10. The van der Waals surface area contributed by atoms with Gasteiger partial charge in [0.2, 0.25) is 5.96 Å². The van der Waals surface area contributed by atoms with Gasteiger partial charge in [0.25, 0.3) is 0 Å². The van der Waals surface area contributed by atoms with Crippen molar-refractivity contribution in [1.29, 1.82) is 0 Å². The molecule has 2 rings (SSSR count). The molecule has 1 aromatic rings. The normalized spacial score (nSPS) is 14.7. The molecule has 0 aliphatic carbocycles. The van der Waals surface area contributed by atoms with Crippen LogP contribution < -0.4 is 15.5 Å². The lowest BCUT2D eigenvalue weighted by Crippen LogP contribution is -2.30. The molecule has 0 saturated heterocycles. The van der Waals surface area contributed by atoms with Crippen LogP contribution >= 0.6 is 0 Å². The van der Waals surface area contributed by atoms with Crippen LogP contribution in [-0.2, 0) is 0 Å². The fourth-order valence-electron chi connectivity index (χ4n) is 1.33. The summed E-state index contributed by atoms with van der Waals surface area (Å²) in [4.78, 5) is 4.15. The molecule has 0 spiro atoms. The average molecular weight is 218 g/mol. The van der Waals surface area contributed by atoms with Gasteiger partial charge in [0.1, 0.15) is 5.75 Å². The summed E-state index contributed by atoms with van der Waals surface area (Å²) in [5, 5.41) is 7.14. The predicted molar refractivity (Wildman–Crippen MR) is 64.0 cm³/mol. The Bertz CT molecular complexity index is 397. The maximum absolute atomic E-state index is 5.07. The van der Waals surface area contributed by atoms with Crippen LogP contribution in [0.25, 0.3) is 0 Å². The van der Waals surface area contributed by atoms with E-state index in [4.69, 9.17) is 4.74 Å². The van der Waals surface area contributed by atoms with Crippen molar-refractivity contribution in [3.8, 4) is 5.75 Å². The van der Waals surface area contributed by atoms with E-state index in [0.29, 0.717) is 0 Å². The van der Waals surface area contributed by atoms with Crippen LogP contribution in [0.2, 0.25) is 0 Å². The Kier molecular flexibility index (Phi) is 3.38. The van der Waals surface area contributed by atoms with Gasteiger partial charge in [-0.1, -0.05) is 0 Å². The third-order valence-electron chi connectivity index (χ3n) is 2.17. The lowest BCUT2D eigenvalue weighted by Gasteiger charge is -2.00. The van der Waals surface area contributed by atoms with Crippen molar-refractivity contribution in [2.45, 2.75) is 0 Å². The molecule has 1 heterocycles. The fourth-order valence-corrected chi connectivity index (χ4v) is 1.33. The zero-order chi connectivity index (χ0) is 11.2. The molecule has 0 unspecified atom stereocenters. The minimum Gasteiger partial charge on any atom is -0.497 e. The monoisotopic (exact) mass is 218 g/mol. The van der Waals surface area contributed by atoms with Gasteiger partial charge < -0.3 is 10.1 Å². The summed E-state index contributed by atoms with van der Waals surface area (Å²) in [7, 11) is 1.65.